The maximum Gasteiger partial charge on any atom is 0.272 e. The smallest absolute Gasteiger partial charge is 0.272 e. The van der Waals surface area contributed by atoms with Crippen molar-refractivity contribution in [2.75, 3.05) is 38.6 Å². The number of anilines is 1. The molecule has 0 N–H and O–H groups in total. The minimum Gasteiger partial charge on any atom is -0.378 e. The maximum absolute atomic E-state index is 12.9. The number of piperazine rings is 1. The van der Waals surface area contributed by atoms with Crippen molar-refractivity contribution in [1.82, 2.24) is 19.8 Å². The summed E-state index contributed by atoms with van der Waals surface area (Å²) in [6, 6.07) is 7.97. The highest BCUT2D eigenvalue weighted by atomic mass is 16.2. The molecule has 1 aliphatic rings. The standard InChI is InChI=1S/C19H25N5O/c1-15-13-23(14-16-5-4-7-20-12-16)9-10-24(15)19(25)18-11-17(22(2)3)6-8-21-18/h4-8,11-12,15H,9-10,13-14H2,1-3H3. The van der Waals surface area contributed by atoms with Gasteiger partial charge in [-0.3, -0.25) is 19.7 Å². The molecule has 132 valence electrons. The number of amides is 1. The van der Waals surface area contributed by atoms with Crippen LogP contribution in [-0.4, -0.2) is 65.4 Å². The van der Waals surface area contributed by atoms with E-state index in [1.165, 1.54) is 5.56 Å². The zero-order valence-corrected chi connectivity index (χ0v) is 15.1. The molecule has 2 aromatic rings. The first-order chi connectivity index (χ1) is 12.0. The average Bonchev–Trinajstić information content (AvgIpc) is 2.62. The molecule has 0 saturated carbocycles. The molecule has 0 spiro atoms. The van der Waals surface area contributed by atoms with Gasteiger partial charge in [0, 0.05) is 70.6 Å². The number of pyridine rings is 2. The van der Waals surface area contributed by atoms with Crippen molar-refractivity contribution in [2.45, 2.75) is 19.5 Å². The van der Waals surface area contributed by atoms with Crippen molar-refractivity contribution in [2.24, 2.45) is 0 Å². The van der Waals surface area contributed by atoms with Gasteiger partial charge in [-0.1, -0.05) is 6.07 Å². The third-order valence-electron chi connectivity index (χ3n) is 4.58. The Kier molecular flexibility index (Phi) is 5.28. The monoisotopic (exact) mass is 339 g/mol. The number of hydrogen-bond acceptors (Lipinski definition) is 5. The van der Waals surface area contributed by atoms with Crippen LogP contribution in [0.2, 0.25) is 0 Å². The van der Waals surface area contributed by atoms with Crippen molar-refractivity contribution in [3.05, 3.63) is 54.1 Å². The molecule has 6 nitrogen and oxygen atoms in total. The molecule has 25 heavy (non-hydrogen) atoms. The van der Waals surface area contributed by atoms with Gasteiger partial charge in [0.25, 0.3) is 5.91 Å². The normalized spacial score (nSPS) is 18.2. The van der Waals surface area contributed by atoms with Crippen LogP contribution in [0.25, 0.3) is 0 Å². The fourth-order valence-electron chi connectivity index (χ4n) is 3.19. The number of carbonyl (C=O) groups excluding carboxylic acids is 1. The van der Waals surface area contributed by atoms with Gasteiger partial charge in [-0.2, -0.15) is 0 Å². The quantitative estimate of drug-likeness (QED) is 0.851. The highest BCUT2D eigenvalue weighted by Gasteiger charge is 2.28. The molecule has 3 heterocycles. The fraction of sp³-hybridized carbons (Fsp3) is 0.421. The van der Waals surface area contributed by atoms with Gasteiger partial charge in [-0.05, 0) is 30.7 Å². The van der Waals surface area contributed by atoms with Crippen molar-refractivity contribution in [3.8, 4) is 0 Å². The summed E-state index contributed by atoms with van der Waals surface area (Å²) in [4.78, 5) is 27.6. The number of nitrogens with zero attached hydrogens (tertiary/aromatic N) is 5. The van der Waals surface area contributed by atoms with Crippen LogP contribution in [0.5, 0.6) is 0 Å². The van der Waals surface area contributed by atoms with Gasteiger partial charge in [-0.15, -0.1) is 0 Å². The Morgan fingerprint density at radius 2 is 2.12 bits per heavy atom. The van der Waals surface area contributed by atoms with Crippen LogP contribution >= 0.6 is 0 Å². The van der Waals surface area contributed by atoms with Crippen LogP contribution in [0.3, 0.4) is 0 Å². The van der Waals surface area contributed by atoms with E-state index in [2.05, 4.69) is 27.9 Å². The minimum atomic E-state index is 0.0113. The first kappa shape index (κ1) is 17.4. The molecule has 6 heteroatoms. The third-order valence-corrected chi connectivity index (χ3v) is 4.58. The molecule has 1 aliphatic heterocycles. The second-order valence-corrected chi connectivity index (χ2v) is 6.74. The van der Waals surface area contributed by atoms with E-state index in [1.54, 1.807) is 12.4 Å². The van der Waals surface area contributed by atoms with Gasteiger partial charge in [0.1, 0.15) is 5.69 Å². The molecule has 1 fully saturated rings. The summed E-state index contributed by atoms with van der Waals surface area (Å²) in [6.45, 7) is 5.40. The topological polar surface area (TPSA) is 52.6 Å². The number of rotatable bonds is 4. The minimum absolute atomic E-state index is 0.0113. The molecule has 1 saturated heterocycles. The van der Waals surface area contributed by atoms with E-state index in [0.29, 0.717) is 12.2 Å². The van der Waals surface area contributed by atoms with E-state index in [1.807, 2.05) is 48.3 Å². The van der Waals surface area contributed by atoms with Gasteiger partial charge >= 0.3 is 0 Å². The zero-order chi connectivity index (χ0) is 17.8. The van der Waals surface area contributed by atoms with Crippen LogP contribution in [-0.2, 0) is 6.54 Å². The van der Waals surface area contributed by atoms with Gasteiger partial charge in [-0.25, -0.2) is 0 Å². The van der Waals surface area contributed by atoms with Crippen molar-refractivity contribution in [1.29, 1.82) is 0 Å². The number of carbonyl (C=O) groups is 1. The van der Waals surface area contributed by atoms with Crippen LogP contribution in [0, 0.1) is 0 Å². The largest absolute Gasteiger partial charge is 0.378 e. The van der Waals surface area contributed by atoms with E-state index in [0.717, 1.165) is 25.3 Å². The van der Waals surface area contributed by atoms with Crippen LogP contribution in [0.4, 0.5) is 5.69 Å². The van der Waals surface area contributed by atoms with E-state index in [9.17, 15) is 4.79 Å². The molecule has 1 amide bonds. The molecule has 3 rings (SSSR count). The molecule has 0 radical (unpaired) electrons. The Morgan fingerprint density at radius 3 is 2.80 bits per heavy atom. The van der Waals surface area contributed by atoms with E-state index >= 15 is 0 Å². The molecule has 1 unspecified atom stereocenters. The summed E-state index contributed by atoms with van der Waals surface area (Å²) in [7, 11) is 3.92. The molecule has 1 atom stereocenters. The van der Waals surface area contributed by atoms with Crippen LogP contribution in [0.15, 0.2) is 42.9 Å². The average molecular weight is 339 g/mol. The van der Waals surface area contributed by atoms with Gasteiger partial charge in [0.2, 0.25) is 0 Å². The first-order valence-electron chi connectivity index (χ1n) is 8.60. The summed E-state index contributed by atoms with van der Waals surface area (Å²) in [6.07, 6.45) is 5.39. The second-order valence-electron chi connectivity index (χ2n) is 6.74. The molecular weight excluding hydrogens is 314 g/mol. The predicted octanol–water partition coefficient (Wildman–Crippen LogP) is 1.89. The molecule has 0 aromatic carbocycles. The van der Waals surface area contributed by atoms with Crippen LogP contribution < -0.4 is 4.90 Å². The fourth-order valence-corrected chi connectivity index (χ4v) is 3.19. The third kappa shape index (κ3) is 4.14. The summed E-state index contributed by atoms with van der Waals surface area (Å²) < 4.78 is 0. The Morgan fingerprint density at radius 1 is 1.28 bits per heavy atom. The Hall–Kier alpha value is -2.47. The van der Waals surface area contributed by atoms with Crippen molar-refractivity contribution >= 4 is 11.6 Å². The predicted molar refractivity (Wildman–Crippen MR) is 98.6 cm³/mol. The molecule has 0 bridgehead atoms. The van der Waals surface area contributed by atoms with E-state index < -0.39 is 0 Å². The lowest BCUT2D eigenvalue weighted by Gasteiger charge is -2.39. The molecular formula is C19H25N5O. The van der Waals surface area contributed by atoms with Crippen LogP contribution in [0.1, 0.15) is 23.0 Å². The Balaban J connectivity index is 1.65. The lowest BCUT2D eigenvalue weighted by atomic mass is 10.1. The SMILES string of the molecule is CC1CN(Cc2cccnc2)CCN1C(=O)c1cc(N(C)C)ccn1. The van der Waals surface area contributed by atoms with E-state index in [4.69, 9.17) is 0 Å². The lowest BCUT2D eigenvalue weighted by molar-refractivity contribution is 0.0470. The highest BCUT2D eigenvalue weighted by molar-refractivity contribution is 5.93. The van der Waals surface area contributed by atoms with Crippen molar-refractivity contribution in [3.63, 3.8) is 0 Å². The lowest BCUT2D eigenvalue weighted by Crippen LogP contribution is -2.53. The second kappa shape index (κ2) is 7.61. The Labute approximate surface area is 149 Å². The number of aromatic nitrogens is 2. The number of hydrogen-bond donors (Lipinski definition) is 0. The summed E-state index contributed by atoms with van der Waals surface area (Å²) >= 11 is 0. The summed E-state index contributed by atoms with van der Waals surface area (Å²) in [5.41, 5.74) is 2.70. The van der Waals surface area contributed by atoms with Gasteiger partial charge < -0.3 is 9.80 Å². The van der Waals surface area contributed by atoms with E-state index in [-0.39, 0.29) is 11.9 Å². The summed E-state index contributed by atoms with van der Waals surface area (Å²) in [5.74, 6) is 0.0113. The first-order valence-corrected chi connectivity index (χ1v) is 8.60. The molecule has 2 aromatic heterocycles. The van der Waals surface area contributed by atoms with Gasteiger partial charge in [0.15, 0.2) is 0 Å². The molecule has 0 aliphatic carbocycles. The zero-order valence-electron chi connectivity index (χ0n) is 15.1. The highest BCUT2D eigenvalue weighted by Crippen LogP contribution is 2.17. The summed E-state index contributed by atoms with van der Waals surface area (Å²) in [5, 5.41) is 0. The maximum atomic E-state index is 12.9. The Bertz CT molecular complexity index is 719. The van der Waals surface area contributed by atoms with Crippen molar-refractivity contribution < 1.29 is 4.79 Å². The van der Waals surface area contributed by atoms with Gasteiger partial charge in [0.05, 0.1) is 0 Å².